The van der Waals surface area contributed by atoms with Gasteiger partial charge < -0.3 is 15.2 Å². The zero-order valence-corrected chi connectivity index (χ0v) is 11.3. The van der Waals surface area contributed by atoms with Crippen LogP contribution in [0.3, 0.4) is 0 Å². The van der Waals surface area contributed by atoms with Gasteiger partial charge in [-0.3, -0.25) is 0 Å². The van der Waals surface area contributed by atoms with E-state index in [1.54, 1.807) is 25.6 Å². The maximum Gasteiger partial charge on any atom is 0.128 e. The van der Waals surface area contributed by atoms with Crippen molar-refractivity contribution in [1.29, 1.82) is 0 Å². The number of aromatic nitrogens is 1. The van der Waals surface area contributed by atoms with E-state index < -0.39 is 0 Å². The first-order valence-corrected chi connectivity index (χ1v) is 6.53. The fourth-order valence-corrected chi connectivity index (χ4v) is 2.50. The smallest absolute Gasteiger partial charge is 0.128 e. The number of ether oxygens (including phenoxy) is 2. The molecule has 0 unspecified atom stereocenters. The molecular weight excluding hydrogens is 248 g/mol. The van der Waals surface area contributed by atoms with Crippen LogP contribution in [0.4, 0.5) is 0 Å². The van der Waals surface area contributed by atoms with Gasteiger partial charge in [-0.05, 0) is 24.7 Å². The Morgan fingerprint density at radius 2 is 2.11 bits per heavy atom. The molecule has 0 radical (unpaired) electrons. The quantitative estimate of drug-likeness (QED) is 0.900. The number of nitrogens with two attached hydrogens (primary N) is 1. The van der Waals surface area contributed by atoms with Crippen LogP contribution < -0.4 is 15.2 Å². The van der Waals surface area contributed by atoms with Gasteiger partial charge in [0, 0.05) is 17.4 Å². The molecule has 0 aliphatic carbocycles. The number of rotatable bonds is 5. The summed E-state index contributed by atoms with van der Waals surface area (Å²) >= 11 is 1.61. The normalized spacial score (nSPS) is 10.4. The molecule has 0 spiro atoms. The molecule has 0 aliphatic heterocycles. The van der Waals surface area contributed by atoms with Gasteiger partial charge in [-0.2, -0.15) is 0 Å². The van der Waals surface area contributed by atoms with Crippen molar-refractivity contribution < 1.29 is 9.47 Å². The van der Waals surface area contributed by atoms with Crippen molar-refractivity contribution in [2.45, 2.75) is 6.42 Å². The van der Waals surface area contributed by atoms with Gasteiger partial charge in [0.25, 0.3) is 0 Å². The molecule has 0 aliphatic rings. The Hall–Kier alpha value is -1.59. The third-order valence-electron chi connectivity index (χ3n) is 2.59. The van der Waals surface area contributed by atoms with Gasteiger partial charge in [0.15, 0.2) is 0 Å². The Morgan fingerprint density at radius 3 is 2.78 bits per heavy atom. The van der Waals surface area contributed by atoms with Crippen LogP contribution in [0, 0.1) is 0 Å². The first kappa shape index (κ1) is 12.9. The highest BCUT2D eigenvalue weighted by molar-refractivity contribution is 7.09. The van der Waals surface area contributed by atoms with Gasteiger partial charge in [0.05, 0.1) is 24.9 Å². The van der Waals surface area contributed by atoms with Crippen LogP contribution in [0.5, 0.6) is 11.5 Å². The Morgan fingerprint density at radius 1 is 1.28 bits per heavy atom. The van der Waals surface area contributed by atoms with Crippen molar-refractivity contribution in [2.24, 2.45) is 5.73 Å². The average molecular weight is 264 g/mol. The number of hydrogen-bond acceptors (Lipinski definition) is 5. The van der Waals surface area contributed by atoms with E-state index in [4.69, 9.17) is 15.2 Å². The topological polar surface area (TPSA) is 57.4 Å². The van der Waals surface area contributed by atoms with Gasteiger partial charge in [-0.1, -0.05) is 0 Å². The van der Waals surface area contributed by atoms with Gasteiger partial charge in [-0.15, -0.1) is 11.3 Å². The number of benzene rings is 1. The monoisotopic (exact) mass is 264 g/mol. The Labute approximate surface area is 110 Å². The minimum Gasteiger partial charge on any atom is -0.497 e. The standard InChI is InChI=1S/C13H16N2O2S/c1-16-9-3-4-12(17-2)10(7-9)11-8-18-13(15-11)5-6-14/h3-4,7-8H,5-6,14H2,1-2H3. The third-order valence-corrected chi connectivity index (χ3v) is 3.50. The van der Waals surface area contributed by atoms with Crippen molar-refractivity contribution >= 4 is 11.3 Å². The molecular formula is C13H16N2O2S. The van der Waals surface area contributed by atoms with Crippen molar-refractivity contribution in [3.8, 4) is 22.8 Å². The lowest BCUT2D eigenvalue weighted by Crippen LogP contribution is -2.02. The van der Waals surface area contributed by atoms with Gasteiger partial charge in [0.1, 0.15) is 11.5 Å². The van der Waals surface area contributed by atoms with Gasteiger partial charge in [0.2, 0.25) is 0 Å². The van der Waals surface area contributed by atoms with Crippen LogP contribution in [-0.2, 0) is 6.42 Å². The number of methoxy groups -OCH3 is 2. The second kappa shape index (κ2) is 5.84. The Bertz CT molecular complexity index is 525. The predicted molar refractivity (Wildman–Crippen MR) is 73.4 cm³/mol. The third kappa shape index (κ3) is 2.63. The molecule has 2 N–H and O–H groups in total. The highest BCUT2D eigenvalue weighted by Crippen LogP contribution is 2.33. The first-order chi connectivity index (χ1) is 8.78. The van der Waals surface area contributed by atoms with Crippen LogP contribution in [0.2, 0.25) is 0 Å². The number of hydrogen-bond donors (Lipinski definition) is 1. The summed E-state index contributed by atoms with van der Waals surface area (Å²) in [7, 11) is 3.30. The molecule has 2 aromatic rings. The first-order valence-electron chi connectivity index (χ1n) is 5.65. The minimum atomic E-state index is 0.613. The van der Waals surface area contributed by atoms with Gasteiger partial charge in [-0.25, -0.2) is 4.98 Å². The largest absolute Gasteiger partial charge is 0.497 e. The summed E-state index contributed by atoms with van der Waals surface area (Å²) in [5.41, 5.74) is 7.38. The van der Waals surface area contributed by atoms with Gasteiger partial charge >= 0.3 is 0 Å². The summed E-state index contributed by atoms with van der Waals surface area (Å²) in [5, 5.41) is 3.06. The molecule has 0 fully saturated rings. The SMILES string of the molecule is COc1ccc(OC)c(-c2csc(CCN)n2)c1. The van der Waals surface area contributed by atoms with E-state index in [9.17, 15) is 0 Å². The molecule has 1 aromatic heterocycles. The highest BCUT2D eigenvalue weighted by atomic mass is 32.1. The summed E-state index contributed by atoms with van der Waals surface area (Å²) in [6.07, 6.45) is 0.803. The molecule has 96 valence electrons. The molecule has 0 amide bonds. The van der Waals surface area contributed by atoms with Crippen LogP contribution in [0.15, 0.2) is 23.6 Å². The predicted octanol–water partition coefficient (Wildman–Crippen LogP) is 2.33. The van der Waals surface area contributed by atoms with Crippen molar-refractivity contribution in [3.05, 3.63) is 28.6 Å². The second-order valence-electron chi connectivity index (χ2n) is 3.73. The lowest BCUT2D eigenvalue weighted by molar-refractivity contribution is 0.404. The van der Waals surface area contributed by atoms with Crippen LogP contribution in [-0.4, -0.2) is 25.7 Å². The van der Waals surface area contributed by atoms with Crippen LogP contribution >= 0.6 is 11.3 Å². The summed E-state index contributed by atoms with van der Waals surface area (Å²) < 4.78 is 10.6. The number of nitrogens with zero attached hydrogens (tertiary/aromatic N) is 1. The lowest BCUT2D eigenvalue weighted by Gasteiger charge is -2.08. The van der Waals surface area contributed by atoms with Crippen molar-refractivity contribution in [1.82, 2.24) is 4.98 Å². The molecule has 0 bridgehead atoms. The summed E-state index contributed by atoms with van der Waals surface area (Å²) in [4.78, 5) is 4.56. The lowest BCUT2D eigenvalue weighted by atomic mass is 10.1. The van der Waals surface area contributed by atoms with E-state index in [1.165, 1.54) is 0 Å². The zero-order valence-electron chi connectivity index (χ0n) is 10.5. The average Bonchev–Trinajstić information content (AvgIpc) is 2.87. The molecule has 1 aromatic carbocycles. The fourth-order valence-electron chi connectivity index (χ4n) is 1.69. The van der Waals surface area contributed by atoms with E-state index in [0.717, 1.165) is 34.2 Å². The Kier molecular flexibility index (Phi) is 4.17. The van der Waals surface area contributed by atoms with Crippen molar-refractivity contribution in [2.75, 3.05) is 20.8 Å². The molecule has 5 heteroatoms. The van der Waals surface area contributed by atoms with E-state index in [-0.39, 0.29) is 0 Å². The molecule has 4 nitrogen and oxygen atoms in total. The summed E-state index contributed by atoms with van der Waals surface area (Å²) in [6.45, 7) is 0.613. The second-order valence-corrected chi connectivity index (χ2v) is 4.67. The molecule has 0 atom stereocenters. The number of thiazole rings is 1. The molecule has 2 rings (SSSR count). The van der Waals surface area contributed by atoms with E-state index >= 15 is 0 Å². The van der Waals surface area contributed by atoms with Crippen LogP contribution in [0.25, 0.3) is 11.3 Å². The molecule has 18 heavy (non-hydrogen) atoms. The molecule has 0 saturated carbocycles. The Balaban J connectivity index is 2.40. The zero-order chi connectivity index (χ0) is 13.0. The molecule has 1 heterocycles. The maximum absolute atomic E-state index is 5.53. The van der Waals surface area contributed by atoms with Crippen molar-refractivity contribution in [3.63, 3.8) is 0 Å². The fraction of sp³-hybridized carbons (Fsp3) is 0.308. The highest BCUT2D eigenvalue weighted by Gasteiger charge is 2.11. The minimum absolute atomic E-state index is 0.613. The van der Waals surface area contributed by atoms with E-state index in [0.29, 0.717) is 6.54 Å². The molecule has 0 saturated heterocycles. The summed E-state index contributed by atoms with van der Waals surface area (Å²) in [5.74, 6) is 1.58. The van der Waals surface area contributed by atoms with E-state index in [1.807, 2.05) is 23.6 Å². The maximum atomic E-state index is 5.53. The summed E-state index contributed by atoms with van der Waals surface area (Å²) in [6, 6.07) is 5.69. The van der Waals surface area contributed by atoms with Crippen LogP contribution in [0.1, 0.15) is 5.01 Å². The van der Waals surface area contributed by atoms with E-state index in [2.05, 4.69) is 4.98 Å².